The first-order valence-corrected chi connectivity index (χ1v) is 8.88. The molecule has 0 aromatic carbocycles. The third kappa shape index (κ3) is 4.00. The van der Waals surface area contributed by atoms with Crippen molar-refractivity contribution < 1.29 is 9.59 Å². The molecule has 0 aromatic rings. The minimum absolute atomic E-state index is 0.144. The van der Waals surface area contributed by atoms with Crippen LogP contribution in [-0.4, -0.2) is 53.3 Å². The smallest absolute Gasteiger partial charge is 0.245 e. The first kappa shape index (κ1) is 17.3. The molecule has 2 amide bonds. The Hall–Kier alpha value is -1.10. The summed E-state index contributed by atoms with van der Waals surface area (Å²) in [5, 5.41) is 0. The number of amides is 2. The molecule has 126 valence electrons. The average molecular weight is 309 g/mol. The molecule has 2 aliphatic rings. The standard InChI is InChI=1S/C17H31N3O2/c1-3-6-16(21)20-10-5-4-7-15(20)17(22)19-11-8-14(9-12-19)13(2)18/h13-15H,3-12,18H2,1-2H3. The summed E-state index contributed by atoms with van der Waals surface area (Å²) in [7, 11) is 0. The van der Waals surface area contributed by atoms with Crippen LogP contribution in [0.25, 0.3) is 0 Å². The van der Waals surface area contributed by atoms with Gasteiger partial charge in [0.2, 0.25) is 11.8 Å². The highest BCUT2D eigenvalue weighted by molar-refractivity contribution is 5.88. The lowest BCUT2D eigenvalue weighted by Crippen LogP contribution is -2.54. The van der Waals surface area contributed by atoms with E-state index in [2.05, 4.69) is 6.92 Å². The molecule has 2 atom stereocenters. The minimum Gasteiger partial charge on any atom is -0.341 e. The van der Waals surface area contributed by atoms with E-state index in [-0.39, 0.29) is 23.9 Å². The molecular formula is C17H31N3O2. The van der Waals surface area contributed by atoms with E-state index in [0.717, 1.165) is 58.2 Å². The van der Waals surface area contributed by atoms with E-state index in [9.17, 15) is 9.59 Å². The second-order valence-corrected chi connectivity index (χ2v) is 6.87. The minimum atomic E-state index is -0.223. The molecule has 2 heterocycles. The Morgan fingerprint density at radius 3 is 2.41 bits per heavy atom. The molecule has 2 rings (SSSR count). The van der Waals surface area contributed by atoms with E-state index in [4.69, 9.17) is 5.73 Å². The number of likely N-dealkylation sites (tertiary alicyclic amines) is 2. The van der Waals surface area contributed by atoms with Crippen molar-refractivity contribution in [2.75, 3.05) is 19.6 Å². The van der Waals surface area contributed by atoms with E-state index >= 15 is 0 Å². The van der Waals surface area contributed by atoms with Crippen molar-refractivity contribution in [1.29, 1.82) is 0 Å². The Labute approximate surface area is 134 Å². The summed E-state index contributed by atoms with van der Waals surface area (Å²) in [5.41, 5.74) is 5.97. The summed E-state index contributed by atoms with van der Waals surface area (Å²) in [6.45, 7) is 6.38. The van der Waals surface area contributed by atoms with Crippen LogP contribution in [0.4, 0.5) is 0 Å². The largest absolute Gasteiger partial charge is 0.341 e. The summed E-state index contributed by atoms with van der Waals surface area (Å²) < 4.78 is 0. The molecule has 2 fully saturated rings. The second kappa shape index (κ2) is 7.95. The van der Waals surface area contributed by atoms with Crippen LogP contribution < -0.4 is 5.73 Å². The Morgan fingerprint density at radius 1 is 1.14 bits per heavy atom. The number of carbonyl (C=O) groups is 2. The van der Waals surface area contributed by atoms with Crippen molar-refractivity contribution in [2.45, 2.75) is 70.9 Å². The second-order valence-electron chi connectivity index (χ2n) is 6.87. The van der Waals surface area contributed by atoms with Gasteiger partial charge >= 0.3 is 0 Å². The van der Waals surface area contributed by atoms with Gasteiger partial charge < -0.3 is 15.5 Å². The number of hydrogen-bond acceptors (Lipinski definition) is 3. The number of hydrogen-bond donors (Lipinski definition) is 1. The summed E-state index contributed by atoms with van der Waals surface area (Å²) in [4.78, 5) is 28.9. The van der Waals surface area contributed by atoms with Crippen LogP contribution in [0.15, 0.2) is 0 Å². The molecule has 0 aliphatic carbocycles. The van der Waals surface area contributed by atoms with Crippen LogP contribution in [0.1, 0.15) is 58.8 Å². The average Bonchev–Trinajstić information content (AvgIpc) is 2.54. The van der Waals surface area contributed by atoms with E-state index in [1.165, 1.54) is 0 Å². The summed E-state index contributed by atoms with van der Waals surface area (Å²) in [6, 6.07) is -0.0192. The number of nitrogens with two attached hydrogens (primary N) is 1. The highest BCUT2D eigenvalue weighted by atomic mass is 16.2. The quantitative estimate of drug-likeness (QED) is 0.860. The summed E-state index contributed by atoms with van der Waals surface area (Å²) in [5.74, 6) is 0.825. The van der Waals surface area contributed by atoms with Gasteiger partial charge in [-0.25, -0.2) is 0 Å². The van der Waals surface area contributed by atoms with E-state index in [0.29, 0.717) is 12.3 Å². The fraction of sp³-hybridized carbons (Fsp3) is 0.882. The van der Waals surface area contributed by atoms with Gasteiger partial charge in [0.1, 0.15) is 6.04 Å². The molecule has 0 aromatic heterocycles. The van der Waals surface area contributed by atoms with E-state index < -0.39 is 0 Å². The lowest BCUT2D eigenvalue weighted by atomic mass is 9.90. The van der Waals surface area contributed by atoms with E-state index in [1.807, 2.05) is 16.7 Å². The first-order valence-electron chi connectivity index (χ1n) is 8.88. The molecule has 2 saturated heterocycles. The number of carbonyl (C=O) groups excluding carboxylic acids is 2. The molecule has 5 nitrogen and oxygen atoms in total. The van der Waals surface area contributed by atoms with Gasteiger partial charge in [0, 0.05) is 32.1 Å². The summed E-state index contributed by atoms with van der Waals surface area (Å²) in [6.07, 6.45) is 6.25. The van der Waals surface area contributed by atoms with Crippen molar-refractivity contribution in [1.82, 2.24) is 9.80 Å². The van der Waals surface area contributed by atoms with Gasteiger partial charge in [-0.05, 0) is 51.4 Å². The normalized spacial score (nSPS) is 25.1. The first-order chi connectivity index (χ1) is 10.5. The van der Waals surface area contributed by atoms with Crippen molar-refractivity contribution in [3.05, 3.63) is 0 Å². The van der Waals surface area contributed by atoms with Crippen molar-refractivity contribution >= 4 is 11.8 Å². The maximum absolute atomic E-state index is 12.8. The van der Waals surface area contributed by atoms with Crippen LogP contribution in [0, 0.1) is 5.92 Å². The van der Waals surface area contributed by atoms with Gasteiger partial charge in [0.15, 0.2) is 0 Å². The predicted octanol–water partition coefficient (Wildman–Crippen LogP) is 1.75. The topological polar surface area (TPSA) is 66.6 Å². The van der Waals surface area contributed by atoms with Crippen LogP contribution in [0.5, 0.6) is 0 Å². The zero-order valence-corrected chi connectivity index (χ0v) is 14.1. The molecule has 2 aliphatic heterocycles. The van der Waals surface area contributed by atoms with Gasteiger partial charge in [0.05, 0.1) is 0 Å². The molecule has 22 heavy (non-hydrogen) atoms. The zero-order valence-electron chi connectivity index (χ0n) is 14.1. The maximum atomic E-state index is 12.8. The fourth-order valence-electron chi connectivity index (χ4n) is 3.70. The fourth-order valence-corrected chi connectivity index (χ4v) is 3.70. The van der Waals surface area contributed by atoms with Crippen molar-refractivity contribution in [2.24, 2.45) is 11.7 Å². The lowest BCUT2D eigenvalue weighted by molar-refractivity contribution is -0.148. The van der Waals surface area contributed by atoms with Gasteiger partial charge in [-0.2, -0.15) is 0 Å². The third-order valence-electron chi connectivity index (χ3n) is 5.17. The van der Waals surface area contributed by atoms with Gasteiger partial charge in [0.25, 0.3) is 0 Å². The van der Waals surface area contributed by atoms with Crippen molar-refractivity contribution in [3.8, 4) is 0 Å². The van der Waals surface area contributed by atoms with Crippen LogP contribution in [0.2, 0.25) is 0 Å². The molecule has 0 bridgehead atoms. The molecule has 0 radical (unpaired) electrons. The van der Waals surface area contributed by atoms with Gasteiger partial charge in [-0.3, -0.25) is 9.59 Å². The van der Waals surface area contributed by atoms with Gasteiger partial charge in [-0.1, -0.05) is 6.92 Å². The van der Waals surface area contributed by atoms with Crippen LogP contribution >= 0.6 is 0 Å². The molecule has 0 spiro atoms. The SMILES string of the molecule is CCCC(=O)N1CCCCC1C(=O)N1CCC(C(C)N)CC1. The highest BCUT2D eigenvalue weighted by Gasteiger charge is 2.35. The van der Waals surface area contributed by atoms with E-state index in [1.54, 1.807) is 0 Å². The Bertz CT molecular complexity index is 389. The monoisotopic (exact) mass is 309 g/mol. The highest BCUT2D eigenvalue weighted by Crippen LogP contribution is 2.24. The predicted molar refractivity (Wildman–Crippen MR) is 87.2 cm³/mol. The molecule has 0 saturated carbocycles. The number of rotatable bonds is 4. The molecule has 2 N–H and O–H groups in total. The number of nitrogens with zero attached hydrogens (tertiary/aromatic N) is 2. The Morgan fingerprint density at radius 2 is 1.82 bits per heavy atom. The zero-order chi connectivity index (χ0) is 16.1. The number of piperidine rings is 2. The third-order valence-corrected chi connectivity index (χ3v) is 5.17. The summed E-state index contributed by atoms with van der Waals surface area (Å²) >= 11 is 0. The molecule has 2 unspecified atom stereocenters. The molecular weight excluding hydrogens is 278 g/mol. The Balaban J connectivity index is 1.96. The maximum Gasteiger partial charge on any atom is 0.245 e. The Kier molecular flexibility index (Phi) is 6.24. The molecule has 5 heteroatoms. The van der Waals surface area contributed by atoms with Crippen LogP contribution in [-0.2, 0) is 9.59 Å². The lowest BCUT2D eigenvalue weighted by Gasteiger charge is -2.40. The van der Waals surface area contributed by atoms with Crippen LogP contribution in [0.3, 0.4) is 0 Å². The van der Waals surface area contributed by atoms with Crippen molar-refractivity contribution in [3.63, 3.8) is 0 Å². The van der Waals surface area contributed by atoms with Gasteiger partial charge in [-0.15, -0.1) is 0 Å².